The molecule has 2 aromatic carbocycles. The zero-order valence-electron chi connectivity index (χ0n) is 12.5. The van der Waals surface area contributed by atoms with Gasteiger partial charge < -0.3 is 9.90 Å². The standard InChI is InChI=1S/C19H15NO2S/c1-13-18(15-5-3-2-4-6-15)20-17(23-13)12-9-14-7-10-16(11-8-14)19(21)22/h2-12H,1H3,(H,21,22)/p-1/b12-9+. The molecule has 0 saturated heterocycles. The summed E-state index contributed by atoms with van der Waals surface area (Å²) in [6.45, 7) is 2.06. The molecule has 0 amide bonds. The van der Waals surface area contributed by atoms with Crippen LogP contribution in [0.2, 0.25) is 0 Å². The number of thiazole rings is 1. The summed E-state index contributed by atoms with van der Waals surface area (Å²) in [7, 11) is 0. The van der Waals surface area contributed by atoms with E-state index >= 15 is 0 Å². The van der Waals surface area contributed by atoms with Gasteiger partial charge in [-0.2, -0.15) is 0 Å². The molecule has 114 valence electrons. The lowest BCUT2D eigenvalue weighted by Crippen LogP contribution is -2.21. The van der Waals surface area contributed by atoms with Crippen molar-refractivity contribution in [1.82, 2.24) is 4.98 Å². The topological polar surface area (TPSA) is 53.0 Å². The van der Waals surface area contributed by atoms with E-state index in [9.17, 15) is 9.90 Å². The van der Waals surface area contributed by atoms with E-state index in [0.29, 0.717) is 0 Å². The van der Waals surface area contributed by atoms with Gasteiger partial charge in [-0.15, -0.1) is 11.3 Å². The Morgan fingerprint density at radius 2 is 1.74 bits per heavy atom. The van der Waals surface area contributed by atoms with Gasteiger partial charge in [0.2, 0.25) is 0 Å². The monoisotopic (exact) mass is 320 g/mol. The molecular formula is C19H14NO2S-. The molecule has 0 aliphatic rings. The number of nitrogens with zero attached hydrogens (tertiary/aromatic N) is 1. The Morgan fingerprint density at radius 1 is 1.04 bits per heavy atom. The van der Waals surface area contributed by atoms with Gasteiger partial charge in [0.05, 0.1) is 11.7 Å². The third-order valence-electron chi connectivity index (χ3n) is 3.43. The van der Waals surface area contributed by atoms with E-state index in [0.717, 1.165) is 21.8 Å². The average molecular weight is 320 g/mol. The number of carbonyl (C=O) groups is 1. The van der Waals surface area contributed by atoms with Crippen LogP contribution in [0.5, 0.6) is 0 Å². The van der Waals surface area contributed by atoms with Crippen molar-refractivity contribution in [3.63, 3.8) is 0 Å². The van der Waals surface area contributed by atoms with Crippen molar-refractivity contribution in [3.05, 3.63) is 75.6 Å². The lowest BCUT2D eigenvalue weighted by molar-refractivity contribution is -0.255. The minimum atomic E-state index is -1.16. The molecule has 3 rings (SSSR count). The third kappa shape index (κ3) is 3.55. The number of benzene rings is 2. The summed E-state index contributed by atoms with van der Waals surface area (Å²) in [5.41, 5.74) is 3.21. The largest absolute Gasteiger partial charge is 0.545 e. The van der Waals surface area contributed by atoms with E-state index in [2.05, 4.69) is 11.9 Å². The van der Waals surface area contributed by atoms with Crippen LogP contribution < -0.4 is 5.11 Å². The molecule has 1 aromatic heterocycles. The van der Waals surface area contributed by atoms with Crippen LogP contribution in [0.3, 0.4) is 0 Å². The fourth-order valence-electron chi connectivity index (χ4n) is 2.25. The molecule has 3 aromatic rings. The summed E-state index contributed by atoms with van der Waals surface area (Å²) in [4.78, 5) is 16.6. The molecule has 0 saturated carbocycles. The van der Waals surface area contributed by atoms with Crippen LogP contribution in [0, 0.1) is 6.92 Å². The molecule has 0 N–H and O–H groups in total. The summed E-state index contributed by atoms with van der Waals surface area (Å²) in [6, 6.07) is 16.7. The van der Waals surface area contributed by atoms with Crippen LogP contribution in [0.15, 0.2) is 54.6 Å². The van der Waals surface area contributed by atoms with E-state index < -0.39 is 5.97 Å². The SMILES string of the molecule is Cc1sc(/C=C/c2ccc(C(=O)[O-])cc2)nc1-c1ccccc1. The Balaban J connectivity index is 1.82. The summed E-state index contributed by atoms with van der Waals surface area (Å²) in [5.74, 6) is -1.16. The Labute approximate surface area is 138 Å². The molecule has 0 fully saturated rings. The predicted molar refractivity (Wildman–Crippen MR) is 92.0 cm³/mol. The maximum atomic E-state index is 10.7. The van der Waals surface area contributed by atoms with Gasteiger partial charge in [-0.1, -0.05) is 60.7 Å². The summed E-state index contributed by atoms with van der Waals surface area (Å²) in [6.07, 6.45) is 3.87. The molecule has 0 radical (unpaired) electrons. The number of carboxylic acid groups (broad SMARTS) is 1. The first-order chi connectivity index (χ1) is 11.1. The highest BCUT2D eigenvalue weighted by molar-refractivity contribution is 7.12. The quantitative estimate of drug-likeness (QED) is 0.737. The lowest BCUT2D eigenvalue weighted by atomic mass is 10.1. The van der Waals surface area contributed by atoms with Gasteiger partial charge in [-0.25, -0.2) is 4.98 Å². The van der Waals surface area contributed by atoms with Crippen molar-refractivity contribution in [2.75, 3.05) is 0 Å². The minimum absolute atomic E-state index is 0.179. The van der Waals surface area contributed by atoms with Crippen molar-refractivity contribution < 1.29 is 9.90 Å². The molecule has 4 heteroatoms. The zero-order chi connectivity index (χ0) is 16.2. The second kappa shape index (κ2) is 6.58. The fraction of sp³-hybridized carbons (Fsp3) is 0.0526. The maximum Gasteiger partial charge on any atom is 0.117 e. The van der Waals surface area contributed by atoms with E-state index in [1.54, 1.807) is 23.5 Å². The first-order valence-corrected chi connectivity index (χ1v) is 7.97. The van der Waals surface area contributed by atoms with Gasteiger partial charge in [-0.3, -0.25) is 0 Å². The molecular weight excluding hydrogens is 306 g/mol. The van der Waals surface area contributed by atoms with Gasteiger partial charge in [0.1, 0.15) is 5.01 Å². The van der Waals surface area contributed by atoms with Gasteiger partial charge in [0, 0.05) is 10.4 Å². The number of aryl methyl sites for hydroxylation is 1. The molecule has 0 unspecified atom stereocenters. The van der Waals surface area contributed by atoms with Gasteiger partial charge in [0.15, 0.2) is 0 Å². The van der Waals surface area contributed by atoms with Crippen LogP contribution in [-0.2, 0) is 0 Å². The normalized spacial score (nSPS) is 11.0. The predicted octanol–water partition coefficient (Wildman–Crippen LogP) is 3.65. The molecule has 0 atom stereocenters. The number of rotatable bonds is 4. The molecule has 3 nitrogen and oxygen atoms in total. The minimum Gasteiger partial charge on any atom is -0.545 e. The lowest BCUT2D eigenvalue weighted by Gasteiger charge is -2.01. The Kier molecular flexibility index (Phi) is 4.35. The number of carboxylic acids is 1. The first-order valence-electron chi connectivity index (χ1n) is 7.16. The first kappa shape index (κ1) is 15.2. The summed E-state index contributed by atoms with van der Waals surface area (Å²) < 4.78 is 0. The highest BCUT2D eigenvalue weighted by Gasteiger charge is 2.07. The number of carbonyl (C=O) groups excluding carboxylic acids is 1. The van der Waals surface area contributed by atoms with Crippen LogP contribution in [0.4, 0.5) is 0 Å². The molecule has 1 heterocycles. The molecule has 0 spiro atoms. The smallest absolute Gasteiger partial charge is 0.117 e. The Morgan fingerprint density at radius 3 is 2.39 bits per heavy atom. The second-order valence-corrected chi connectivity index (χ2v) is 6.30. The number of aromatic nitrogens is 1. The average Bonchev–Trinajstić information content (AvgIpc) is 2.95. The maximum absolute atomic E-state index is 10.7. The van der Waals surface area contributed by atoms with Gasteiger partial charge >= 0.3 is 0 Å². The molecule has 0 aliphatic carbocycles. The van der Waals surface area contributed by atoms with Crippen molar-refractivity contribution in [3.8, 4) is 11.3 Å². The van der Waals surface area contributed by atoms with Crippen LogP contribution in [0.1, 0.15) is 25.8 Å². The molecule has 23 heavy (non-hydrogen) atoms. The summed E-state index contributed by atoms with van der Waals surface area (Å²) >= 11 is 1.63. The van der Waals surface area contributed by atoms with Crippen LogP contribution >= 0.6 is 11.3 Å². The van der Waals surface area contributed by atoms with Crippen molar-refractivity contribution in [2.24, 2.45) is 0 Å². The molecule has 0 bridgehead atoms. The van der Waals surface area contributed by atoms with Crippen molar-refractivity contribution in [2.45, 2.75) is 6.92 Å². The third-order valence-corrected chi connectivity index (χ3v) is 4.36. The van der Waals surface area contributed by atoms with Gasteiger partial charge in [0.25, 0.3) is 0 Å². The van der Waals surface area contributed by atoms with E-state index in [4.69, 9.17) is 0 Å². The highest BCUT2D eigenvalue weighted by Crippen LogP contribution is 2.28. The number of hydrogen-bond acceptors (Lipinski definition) is 4. The van der Waals surface area contributed by atoms with E-state index in [-0.39, 0.29) is 5.56 Å². The Hall–Kier alpha value is -2.72. The number of hydrogen-bond donors (Lipinski definition) is 0. The van der Waals surface area contributed by atoms with Crippen molar-refractivity contribution in [1.29, 1.82) is 0 Å². The van der Waals surface area contributed by atoms with Gasteiger partial charge in [-0.05, 0) is 24.1 Å². The number of aromatic carboxylic acids is 1. The Bertz CT molecular complexity index is 849. The van der Waals surface area contributed by atoms with Crippen molar-refractivity contribution >= 4 is 29.5 Å². The second-order valence-electron chi connectivity index (χ2n) is 5.07. The fourth-order valence-corrected chi connectivity index (χ4v) is 3.10. The van der Waals surface area contributed by atoms with Crippen LogP contribution in [0.25, 0.3) is 23.4 Å². The van der Waals surface area contributed by atoms with E-state index in [1.807, 2.05) is 42.5 Å². The van der Waals surface area contributed by atoms with Crippen LogP contribution in [-0.4, -0.2) is 11.0 Å². The highest BCUT2D eigenvalue weighted by atomic mass is 32.1. The molecule has 0 aliphatic heterocycles. The zero-order valence-corrected chi connectivity index (χ0v) is 13.3. The van der Waals surface area contributed by atoms with E-state index in [1.165, 1.54) is 17.0 Å². The summed E-state index contributed by atoms with van der Waals surface area (Å²) in [5, 5.41) is 11.7.